The molecule has 1 N–H and O–H groups in total. The van der Waals surface area contributed by atoms with Crippen LogP contribution in [0, 0.1) is 0 Å². The van der Waals surface area contributed by atoms with Crippen molar-refractivity contribution in [1.82, 2.24) is 0 Å². The second-order valence-corrected chi connectivity index (χ2v) is 7.46. The highest BCUT2D eigenvalue weighted by Crippen LogP contribution is 2.44. The molecule has 0 aliphatic rings. The Morgan fingerprint density at radius 1 is 1.21 bits per heavy atom. The molecule has 0 bridgehead atoms. The largest absolute Gasteiger partial charge is 0.423 e. The lowest BCUT2D eigenvalue weighted by Crippen LogP contribution is -2.14. The summed E-state index contributed by atoms with van der Waals surface area (Å²) in [7, 11) is 0. The lowest BCUT2D eigenvalue weighted by molar-refractivity contribution is -0.208. The van der Waals surface area contributed by atoms with Crippen molar-refractivity contribution in [3.63, 3.8) is 0 Å². The quantitative estimate of drug-likeness (QED) is 0.470. The molecule has 0 aliphatic heterocycles. The highest BCUT2D eigenvalue weighted by Gasteiger charge is 2.20. The van der Waals surface area contributed by atoms with E-state index in [4.69, 9.17) is 16.3 Å². The maximum atomic E-state index is 9.73. The molecule has 108 valence electrons. The second-order valence-electron chi connectivity index (χ2n) is 4.80. The van der Waals surface area contributed by atoms with Gasteiger partial charge in [0.1, 0.15) is 5.75 Å². The van der Waals surface area contributed by atoms with Crippen molar-refractivity contribution >= 4 is 18.5 Å². The summed E-state index contributed by atoms with van der Waals surface area (Å²) in [6, 6.07) is 7.49. The summed E-state index contributed by atoms with van der Waals surface area (Å²) < 4.78 is 9.90. The molecule has 1 unspecified atom stereocenters. The van der Waals surface area contributed by atoms with Gasteiger partial charge in [0.2, 0.25) is 0 Å². The molecule has 1 aromatic carbocycles. The molecule has 0 heterocycles. The molecule has 6 heteroatoms. The zero-order chi connectivity index (χ0) is 14.5. The zero-order valence-electron chi connectivity index (χ0n) is 11.8. The van der Waals surface area contributed by atoms with Crippen molar-refractivity contribution in [1.29, 1.82) is 0 Å². The van der Waals surface area contributed by atoms with Gasteiger partial charge in [-0.2, -0.15) is 0 Å². The van der Waals surface area contributed by atoms with Crippen LogP contribution in [0.3, 0.4) is 0 Å². The summed E-state index contributed by atoms with van der Waals surface area (Å²) >= 11 is 4.82. The van der Waals surface area contributed by atoms with E-state index in [9.17, 15) is 4.89 Å². The summed E-state index contributed by atoms with van der Waals surface area (Å²) in [5, 5.41) is 0. The Kier molecular flexibility index (Phi) is 5.96. The fourth-order valence-corrected chi connectivity index (χ4v) is 2.48. The van der Waals surface area contributed by atoms with Crippen LogP contribution in [-0.2, 0) is 26.8 Å². The molecule has 0 aliphatic carbocycles. The molecule has 1 atom stereocenters. The van der Waals surface area contributed by atoms with Crippen LogP contribution in [0.1, 0.15) is 39.7 Å². The normalized spacial score (nSPS) is 15.0. The van der Waals surface area contributed by atoms with Gasteiger partial charge in [-0.1, -0.05) is 32.9 Å². The third-order valence-corrected chi connectivity index (χ3v) is 4.15. The third kappa shape index (κ3) is 5.21. The highest BCUT2D eigenvalue weighted by atomic mass is 32.5. The lowest BCUT2D eigenvalue weighted by Gasteiger charge is -2.23. The van der Waals surface area contributed by atoms with E-state index in [1.165, 1.54) is 5.56 Å². The smallest absolute Gasteiger partial charge is 0.405 e. The molecule has 19 heavy (non-hydrogen) atoms. The first-order valence-corrected chi connectivity index (χ1v) is 8.84. The SMILES string of the molecule is CCOOP(O)(=S)Oc1ccc(C(C)(C)CC)cc1. The maximum absolute atomic E-state index is 9.73. The van der Waals surface area contributed by atoms with Crippen LogP contribution in [0.15, 0.2) is 24.3 Å². The van der Waals surface area contributed by atoms with Crippen LogP contribution >= 0.6 is 6.72 Å². The highest BCUT2D eigenvalue weighted by molar-refractivity contribution is 8.07. The number of hydrogen-bond donors (Lipinski definition) is 1. The molecule has 0 fully saturated rings. The Balaban J connectivity index is 2.75. The monoisotopic (exact) mass is 304 g/mol. The predicted octanol–water partition coefficient (Wildman–Crippen LogP) is 3.94. The first-order chi connectivity index (χ1) is 8.80. The van der Waals surface area contributed by atoms with Crippen molar-refractivity contribution in [3.8, 4) is 5.75 Å². The third-order valence-electron chi connectivity index (χ3n) is 3.01. The van der Waals surface area contributed by atoms with E-state index in [2.05, 4.69) is 30.3 Å². The zero-order valence-corrected chi connectivity index (χ0v) is 13.5. The van der Waals surface area contributed by atoms with Crippen LogP contribution in [0.25, 0.3) is 0 Å². The average molecular weight is 304 g/mol. The van der Waals surface area contributed by atoms with Crippen LogP contribution in [-0.4, -0.2) is 11.5 Å². The predicted molar refractivity (Wildman–Crippen MR) is 79.6 cm³/mol. The van der Waals surface area contributed by atoms with Crippen LogP contribution in [0.4, 0.5) is 0 Å². The van der Waals surface area contributed by atoms with Gasteiger partial charge < -0.3 is 9.42 Å². The first-order valence-electron chi connectivity index (χ1n) is 6.25. The summed E-state index contributed by atoms with van der Waals surface area (Å²) in [4.78, 5) is 14.4. The van der Waals surface area contributed by atoms with Crippen molar-refractivity contribution < 1.29 is 19.0 Å². The molecule has 0 radical (unpaired) electrons. The van der Waals surface area contributed by atoms with E-state index in [1.54, 1.807) is 19.1 Å². The van der Waals surface area contributed by atoms with Gasteiger partial charge in [-0.3, -0.25) is 0 Å². The Morgan fingerprint density at radius 3 is 2.26 bits per heavy atom. The van der Waals surface area contributed by atoms with Gasteiger partial charge in [-0.15, -0.1) is 4.67 Å². The molecular formula is C13H21O4PS. The van der Waals surface area contributed by atoms with Gasteiger partial charge in [-0.05, 0) is 36.5 Å². The fraction of sp³-hybridized carbons (Fsp3) is 0.538. The van der Waals surface area contributed by atoms with Gasteiger partial charge in [0.25, 0.3) is 0 Å². The molecule has 0 amide bonds. The van der Waals surface area contributed by atoms with Crippen molar-refractivity contribution in [2.24, 2.45) is 0 Å². The van der Waals surface area contributed by atoms with E-state index in [0.717, 1.165) is 6.42 Å². The standard InChI is InChI=1S/C13H21O4PS/c1-5-13(3,4)11-7-9-12(10-8-11)16-18(14,19)17-15-6-2/h7-10H,5-6H2,1-4H3,(H,14,19). The minimum atomic E-state index is -3.38. The van der Waals surface area contributed by atoms with Gasteiger partial charge >= 0.3 is 6.72 Å². The van der Waals surface area contributed by atoms with E-state index in [-0.39, 0.29) is 5.41 Å². The Morgan fingerprint density at radius 2 is 1.79 bits per heavy atom. The molecule has 0 aromatic heterocycles. The Bertz CT molecular complexity index is 444. The van der Waals surface area contributed by atoms with Crippen molar-refractivity contribution in [2.45, 2.75) is 39.5 Å². The molecule has 1 aromatic rings. The van der Waals surface area contributed by atoms with Gasteiger partial charge in [0.15, 0.2) is 0 Å². The number of rotatable bonds is 7. The van der Waals surface area contributed by atoms with Crippen LogP contribution in [0.5, 0.6) is 5.75 Å². The second kappa shape index (κ2) is 6.82. The van der Waals surface area contributed by atoms with Gasteiger partial charge in [0, 0.05) is 11.8 Å². The van der Waals surface area contributed by atoms with Gasteiger partial charge in [0.05, 0.1) is 6.61 Å². The Labute approximate surface area is 119 Å². The minimum Gasteiger partial charge on any atom is -0.423 e. The molecule has 0 saturated heterocycles. The van der Waals surface area contributed by atoms with Crippen LogP contribution < -0.4 is 4.52 Å². The average Bonchev–Trinajstić information content (AvgIpc) is 2.36. The van der Waals surface area contributed by atoms with E-state index in [0.29, 0.717) is 12.4 Å². The summed E-state index contributed by atoms with van der Waals surface area (Å²) in [5.41, 5.74) is 1.32. The van der Waals surface area contributed by atoms with Crippen molar-refractivity contribution in [3.05, 3.63) is 29.8 Å². The van der Waals surface area contributed by atoms with E-state index in [1.807, 2.05) is 12.1 Å². The molecule has 4 nitrogen and oxygen atoms in total. The van der Waals surface area contributed by atoms with Gasteiger partial charge in [-0.25, -0.2) is 4.89 Å². The molecule has 0 spiro atoms. The van der Waals surface area contributed by atoms with E-state index >= 15 is 0 Å². The van der Waals surface area contributed by atoms with E-state index < -0.39 is 6.72 Å². The maximum Gasteiger partial charge on any atom is 0.405 e. The molecular weight excluding hydrogens is 283 g/mol. The summed E-state index contributed by atoms with van der Waals surface area (Å²) in [6.45, 7) is 5.15. The van der Waals surface area contributed by atoms with Crippen molar-refractivity contribution in [2.75, 3.05) is 6.61 Å². The van der Waals surface area contributed by atoms with Crippen LogP contribution in [0.2, 0.25) is 0 Å². The summed E-state index contributed by atoms with van der Waals surface area (Å²) in [6.07, 6.45) is 1.04. The Hall–Kier alpha value is -0.450. The molecule has 1 rings (SSSR count). The lowest BCUT2D eigenvalue weighted by atomic mass is 9.82. The number of hydrogen-bond acceptors (Lipinski definition) is 4. The first kappa shape index (κ1) is 16.6. The topological polar surface area (TPSA) is 47.9 Å². The summed E-state index contributed by atoms with van der Waals surface area (Å²) in [5.74, 6) is 0.473. The minimum absolute atomic E-state index is 0.111. The fourth-order valence-electron chi connectivity index (χ4n) is 1.44. The number of benzene rings is 1. The molecule has 0 saturated carbocycles.